The van der Waals surface area contributed by atoms with Crippen LogP contribution in [0.15, 0.2) is 23.0 Å². The highest BCUT2D eigenvalue weighted by atomic mass is 16.5. The van der Waals surface area contributed by atoms with Gasteiger partial charge in [-0.3, -0.25) is 14.4 Å². The molecule has 5 nitrogen and oxygen atoms in total. The fourth-order valence-electron chi connectivity index (χ4n) is 4.94. The molecular weight excluding hydrogens is 282 g/mol. The number of carbonyl (C=O) groups is 3. The first kappa shape index (κ1) is 13.7. The van der Waals surface area contributed by atoms with Gasteiger partial charge in [0, 0.05) is 30.2 Å². The second-order valence-corrected chi connectivity index (χ2v) is 6.63. The first-order chi connectivity index (χ1) is 10.6. The molecule has 0 aromatic heterocycles. The normalized spacial score (nSPS) is 34.2. The number of nitrogens with zero attached hydrogens (tertiary/aromatic N) is 1. The number of amides is 1. The minimum atomic E-state index is -0.522. The Morgan fingerprint density at radius 1 is 1.27 bits per heavy atom. The fraction of sp³-hybridized carbons (Fsp3) is 0.588. The maximum Gasteiger partial charge on any atom is 0.224 e. The third-order valence-corrected chi connectivity index (χ3v) is 5.79. The Bertz CT molecular complexity index is 660. The van der Waals surface area contributed by atoms with Crippen LogP contribution in [-0.2, 0) is 19.1 Å². The van der Waals surface area contributed by atoms with Gasteiger partial charge in [0.05, 0.1) is 12.6 Å². The zero-order chi connectivity index (χ0) is 15.5. The molecule has 0 aromatic rings. The molecule has 1 amide bonds. The highest BCUT2D eigenvalue weighted by Crippen LogP contribution is 2.54. The summed E-state index contributed by atoms with van der Waals surface area (Å²) >= 11 is 0. The quantitative estimate of drug-likeness (QED) is 0.689. The summed E-state index contributed by atoms with van der Waals surface area (Å²) < 4.78 is 5.07. The van der Waals surface area contributed by atoms with Gasteiger partial charge < -0.3 is 9.64 Å². The van der Waals surface area contributed by atoms with Gasteiger partial charge in [0.15, 0.2) is 11.5 Å². The molecule has 5 heteroatoms. The SMILES string of the molecule is COC1=CC(=O)C2=C(CCN3C(=O)C[C@@H]4CCCC[C@@]243)C1=O. The summed E-state index contributed by atoms with van der Waals surface area (Å²) in [6.45, 7) is 0.546. The molecule has 2 heterocycles. The second-order valence-electron chi connectivity index (χ2n) is 6.63. The Morgan fingerprint density at radius 2 is 2.09 bits per heavy atom. The van der Waals surface area contributed by atoms with E-state index in [1.54, 1.807) is 0 Å². The molecule has 2 aliphatic carbocycles. The van der Waals surface area contributed by atoms with Gasteiger partial charge in [0.2, 0.25) is 11.7 Å². The molecular formula is C17H19NO4. The molecule has 0 bridgehead atoms. The predicted octanol–water partition coefficient (Wildman–Crippen LogP) is 1.53. The van der Waals surface area contributed by atoms with Crippen molar-refractivity contribution in [1.29, 1.82) is 0 Å². The van der Waals surface area contributed by atoms with Crippen LogP contribution in [0.5, 0.6) is 0 Å². The number of ether oxygens (including phenoxy) is 1. The second kappa shape index (κ2) is 4.54. The van der Waals surface area contributed by atoms with Crippen LogP contribution in [0.3, 0.4) is 0 Å². The summed E-state index contributed by atoms with van der Waals surface area (Å²) in [5.74, 6) is 0.131. The van der Waals surface area contributed by atoms with Gasteiger partial charge in [0.25, 0.3) is 0 Å². The van der Waals surface area contributed by atoms with Crippen LogP contribution in [0.4, 0.5) is 0 Å². The molecule has 0 unspecified atom stereocenters. The van der Waals surface area contributed by atoms with Crippen LogP contribution in [0.1, 0.15) is 38.5 Å². The van der Waals surface area contributed by atoms with Crippen molar-refractivity contribution >= 4 is 17.5 Å². The molecule has 1 saturated carbocycles. The summed E-state index contributed by atoms with van der Waals surface area (Å²) in [6.07, 6.45) is 6.14. The van der Waals surface area contributed by atoms with Gasteiger partial charge in [-0.05, 0) is 25.2 Å². The van der Waals surface area contributed by atoms with E-state index >= 15 is 0 Å². The Balaban J connectivity index is 1.90. The van der Waals surface area contributed by atoms with Gasteiger partial charge in [0.1, 0.15) is 0 Å². The number of ketones is 2. The Morgan fingerprint density at radius 3 is 2.86 bits per heavy atom. The van der Waals surface area contributed by atoms with E-state index in [1.165, 1.54) is 13.2 Å². The van der Waals surface area contributed by atoms with Gasteiger partial charge in [-0.2, -0.15) is 0 Å². The molecule has 2 aliphatic heterocycles. The predicted molar refractivity (Wildman–Crippen MR) is 77.8 cm³/mol. The summed E-state index contributed by atoms with van der Waals surface area (Å²) in [5.41, 5.74) is 0.660. The lowest BCUT2D eigenvalue weighted by molar-refractivity contribution is -0.132. The molecule has 4 aliphatic rings. The number of carbonyl (C=O) groups excluding carboxylic acids is 3. The van der Waals surface area contributed by atoms with E-state index in [-0.39, 0.29) is 29.2 Å². The summed E-state index contributed by atoms with van der Waals surface area (Å²) in [4.78, 5) is 39.6. The maximum atomic E-state index is 12.7. The highest BCUT2D eigenvalue weighted by Gasteiger charge is 2.60. The number of allylic oxidation sites excluding steroid dienone is 2. The average molecular weight is 301 g/mol. The Labute approximate surface area is 129 Å². The van der Waals surface area contributed by atoms with E-state index in [0.29, 0.717) is 30.5 Å². The van der Waals surface area contributed by atoms with Crippen molar-refractivity contribution in [2.45, 2.75) is 44.1 Å². The molecule has 1 spiro atoms. The zero-order valence-corrected chi connectivity index (χ0v) is 12.7. The van der Waals surface area contributed by atoms with Crippen molar-refractivity contribution in [1.82, 2.24) is 4.90 Å². The number of Topliss-reactive ketones (excluding diaryl/α,β-unsaturated/α-hetero) is 1. The van der Waals surface area contributed by atoms with Crippen molar-refractivity contribution in [3.63, 3.8) is 0 Å². The van der Waals surface area contributed by atoms with Gasteiger partial charge in [-0.15, -0.1) is 0 Å². The molecule has 0 N–H and O–H groups in total. The van der Waals surface area contributed by atoms with E-state index in [2.05, 4.69) is 0 Å². The van der Waals surface area contributed by atoms with E-state index in [1.807, 2.05) is 4.90 Å². The van der Waals surface area contributed by atoms with Crippen molar-refractivity contribution in [2.75, 3.05) is 13.7 Å². The molecule has 22 heavy (non-hydrogen) atoms. The smallest absolute Gasteiger partial charge is 0.224 e. The first-order valence-electron chi connectivity index (χ1n) is 7.98. The lowest BCUT2D eigenvalue weighted by Gasteiger charge is -2.50. The molecule has 2 atom stereocenters. The number of rotatable bonds is 1. The first-order valence-corrected chi connectivity index (χ1v) is 7.98. The lowest BCUT2D eigenvalue weighted by Crippen LogP contribution is -2.57. The molecule has 2 fully saturated rings. The molecule has 0 aromatic carbocycles. The van der Waals surface area contributed by atoms with Crippen molar-refractivity contribution in [2.24, 2.45) is 5.92 Å². The summed E-state index contributed by atoms with van der Waals surface area (Å²) in [5, 5.41) is 0. The van der Waals surface area contributed by atoms with Gasteiger partial charge >= 0.3 is 0 Å². The van der Waals surface area contributed by atoms with Crippen LogP contribution in [-0.4, -0.2) is 41.6 Å². The van der Waals surface area contributed by atoms with Gasteiger partial charge in [-0.1, -0.05) is 12.8 Å². The summed E-state index contributed by atoms with van der Waals surface area (Å²) in [6, 6.07) is 0. The largest absolute Gasteiger partial charge is 0.493 e. The Kier molecular flexibility index (Phi) is 2.83. The van der Waals surface area contributed by atoms with Crippen molar-refractivity contribution < 1.29 is 19.1 Å². The number of hydrogen-bond acceptors (Lipinski definition) is 4. The van der Waals surface area contributed by atoms with Crippen molar-refractivity contribution in [3.05, 3.63) is 23.0 Å². The van der Waals surface area contributed by atoms with E-state index in [9.17, 15) is 14.4 Å². The van der Waals surface area contributed by atoms with Crippen LogP contribution in [0, 0.1) is 5.92 Å². The van der Waals surface area contributed by atoms with E-state index in [4.69, 9.17) is 4.74 Å². The monoisotopic (exact) mass is 301 g/mol. The topological polar surface area (TPSA) is 63.7 Å². The third-order valence-electron chi connectivity index (χ3n) is 5.79. The standard InChI is InChI=1S/C17H19NO4/c1-22-13-9-12(19)15-11(16(13)21)5-7-18-14(20)8-10-4-2-3-6-17(10,15)18/h9-10H,2-8H2,1H3/t10-,17-/m0/s1. The summed E-state index contributed by atoms with van der Waals surface area (Å²) in [7, 11) is 1.42. The maximum absolute atomic E-state index is 12.7. The number of hydrogen-bond donors (Lipinski definition) is 0. The number of methoxy groups -OCH3 is 1. The zero-order valence-electron chi connectivity index (χ0n) is 12.7. The lowest BCUT2D eigenvalue weighted by atomic mass is 9.64. The average Bonchev–Trinajstić information content (AvgIpc) is 2.82. The van der Waals surface area contributed by atoms with Gasteiger partial charge in [-0.25, -0.2) is 0 Å². The van der Waals surface area contributed by atoms with Crippen LogP contribution in [0.2, 0.25) is 0 Å². The van der Waals surface area contributed by atoms with Crippen molar-refractivity contribution in [3.8, 4) is 0 Å². The fourth-order valence-corrected chi connectivity index (χ4v) is 4.94. The van der Waals surface area contributed by atoms with Crippen LogP contribution < -0.4 is 0 Å². The molecule has 0 radical (unpaired) electrons. The van der Waals surface area contributed by atoms with E-state index in [0.717, 1.165) is 25.7 Å². The molecule has 116 valence electrons. The van der Waals surface area contributed by atoms with Crippen LogP contribution >= 0.6 is 0 Å². The minimum Gasteiger partial charge on any atom is -0.493 e. The van der Waals surface area contributed by atoms with Crippen LogP contribution in [0.25, 0.3) is 0 Å². The molecule has 1 saturated heterocycles. The third kappa shape index (κ3) is 1.51. The highest BCUT2D eigenvalue weighted by molar-refractivity contribution is 6.23. The Hall–Kier alpha value is -1.91. The molecule has 4 rings (SSSR count). The van der Waals surface area contributed by atoms with E-state index < -0.39 is 5.54 Å². The minimum absolute atomic E-state index is 0.130.